The van der Waals surface area contributed by atoms with Gasteiger partial charge in [0.05, 0.1) is 16.3 Å². The van der Waals surface area contributed by atoms with Gasteiger partial charge in [0.25, 0.3) is 5.91 Å². The molecule has 0 spiro atoms. The summed E-state index contributed by atoms with van der Waals surface area (Å²) >= 11 is 5.92. The molecule has 2 rings (SSSR count). The second-order valence-corrected chi connectivity index (χ2v) is 4.83. The Morgan fingerprint density at radius 3 is 2.43 bits per heavy atom. The SMILES string of the molecule is Cc1cc(C(=O)Nc2cc(C(=O)O)ccc2Cl)ccc1F. The van der Waals surface area contributed by atoms with Crippen LogP contribution in [0.25, 0.3) is 0 Å². The van der Waals surface area contributed by atoms with E-state index in [2.05, 4.69) is 5.32 Å². The minimum Gasteiger partial charge on any atom is -0.478 e. The van der Waals surface area contributed by atoms with Crippen LogP contribution in [-0.4, -0.2) is 17.0 Å². The van der Waals surface area contributed by atoms with E-state index in [9.17, 15) is 14.0 Å². The first-order valence-electron chi connectivity index (χ1n) is 5.99. The zero-order valence-electron chi connectivity index (χ0n) is 11.0. The monoisotopic (exact) mass is 307 g/mol. The molecular weight excluding hydrogens is 297 g/mol. The van der Waals surface area contributed by atoms with Gasteiger partial charge in [-0.25, -0.2) is 9.18 Å². The summed E-state index contributed by atoms with van der Waals surface area (Å²) in [6, 6.07) is 7.92. The second kappa shape index (κ2) is 5.93. The Labute approximate surface area is 125 Å². The maximum absolute atomic E-state index is 13.2. The molecule has 108 valence electrons. The summed E-state index contributed by atoms with van der Waals surface area (Å²) in [5, 5.41) is 11.6. The zero-order valence-corrected chi connectivity index (χ0v) is 11.7. The first-order valence-corrected chi connectivity index (χ1v) is 6.36. The molecule has 0 bridgehead atoms. The van der Waals surface area contributed by atoms with Crippen molar-refractivity contribution >= 4 is 29.2 Å². The number of hydrogen-bond acceptors (Lipinski definition) is 2. The highest BCUT2D eigenvalue weighted by Crippen LogP contribution is 2.24. The lowest BCUT2D eigenvalue weighted by atomic mass is 10.1. The molecule has 2 aromatic rings. The van der Waals surface area contributed by atoms with Gasteiger partial charge in [0, 0.05) is 5.56 Å². The van der Waals surface area contributed by atoms with Crippen LogP contribution in [-0.2, 0) is 0 Å². The molecule has 0 aliphatic rings. The summed E-state index contributed by atoms with van der Waals surface area (Å²) in [5.74, 6) is -2.03. The average molecular weight is 308 g/mol. The number of hydrogen-bond donors (Lipinski definition) is 2. The van der Waals surface area contributed by atoms with Crippen molar-refractivity contribution in [3.05, 3.63) is 63.9 Å². The molecule has 0 aliphatic carbocycles. The van der Waals surface area contributed by atoms with E-state index in [-0.39, 0.29) is 21.8 Å². The molecule has 0 atom stereocenters. The maximum atomic E-state index is 13.2. The molecule has 0 unspecified atom stereocenters. The smallest absolute Gasteiger partial charge is 0.335 e. The number of benzene rings is 2. The molecule has 0 radical (unpaired) electrons. The van der Waals surface area contributed by atoms with E-state index in [1.54, 1.807) is 6.92 Å². The normalized spacial score (nSPS) is 10.2. The standard InChI is InChI=1S/C15H11ClFNO3/c1-8-6-9(3-5-12(8)17)14(19)18-13-7-10(15(20)21)2-4-11(13)16/h2-7H,1H3,(H,18,19)(H,20,21). The van der Waals surface area contributed by atoms with Crippen LogP contribution in [0, 0.1) is 12.7 Å². The van der Waals surface area contributed by atoms with Gasteiger partial charge in [0.2, 0.25) is 0 Å². The maximum Gasteiger partial charge on any atom is 0.335 e. The second-order valence-electron chi connectivity index (χ2n) is 4.42. The van der Waals surface area contributed by atoms with E-state index in [1.807, 2.05) is 0 Å². The van der Waals surface area contributed by atoms with Gasteiger partial charge in [0.1, 0.15) is 5.82 Å². The largest absolute Gasteiger partial charge is 0.478 e. The van der Waals surface area contributed by atoms with Crippen LogP contribution in [0.4, 0.5) is 10.1 Å². The third-order valence-electron chi connectivity index (χ3n) is 2.88. The molecule has 0 saturated carbocycles. The Hall–Kier alpha value is -2.40. The van der Waals surface area contributed by atoms with E-state index in [0.29, 0.717) is 5.56 Å². The highest BCUT2D eigenvalue weighted by molar-refractivity contribution is 6.34. The molecule has 2 aromatic carbocycles. The quantitative estimate of drug-likeness (QED) is 0.907. The van der Waals surface area contributed by atoms with Crippen molar-refractivity contribution in [2.75, 3.05) is 5.32 Å². The molecule has 0 heterocycles. The highest BCUT2D eigenvalue weighted by Gasteiger charge is 2.12. The van der Waals surface area contributed by atoms with Gasteiger partial charge in [-0.1, -0.05) is 11.6 Å². The number of aromatic carboxylic acids is 1. The molecule has 2 N–H and O–H groups in total. The van der Waals surface area contributed by atoms with Gasteiger partial charge >= 0.3 is 5.97 Å². The Balaban J connectivity index is 2.28. The topological polar surface area (TPSA) is 66.4 Å². The molecule has 0 fully saturated rings. The van der Waals surface area contributed by atoms with Crippen molar-refractivity contribution in [3.8, 4) is 0 Å². The summed E-state index contributed by atoms with van der Waals surface area (Å²) in [7, 11) is 0. The Kier molecular flexibility index (Phi) is 4.23. The minimum absolute atomic E-state index is 0.00462. The summed E-state index contributed by atoms with van der Waals surface area (Å²) in [4.78, 5) is 23.0. The number of amides is 1. The fraction of sp³-hybridized carbons (Fsp3) is 0.0667. The molecule has 1 amide bonds. The summed E-state index contributed by atoms with van der Waals surface area (Å²) in [5.41, 5.74) is 0.784. The van der Waals surface area contributed by atoms with E-state index in [0.717, 1.165) is 0 Å². The van der Waals surface area contributed by atoms with Gasteiger partial charge < -0.3 is 10.4 Å². The van der Waals surface area contributed by atoms with E-state index < -0.39 is 17.7 Å². The van der Waals surface area contributed by atoms with E-state index in [4.69, 9.17) is 16.7 Å². The number of anilines is 1. The molecule has 0 aromatic heterocycles. The Bertz CT molecular complexity index is 731. The van der Waals surface area contributed by atoms with Crippen LogP contribution < -0.4 is 5.32 Å². The number of aryl methyl sites for hydroxylation is 1. The van der Waals surface area contributed by atoms with Crippen LogP contribution in [0.2, 0.25) is 5.02 Å². The first kappa shape index (κ1) is 15.0. The lowest BCUT2D eigenvalue weighted by Crippen LogP contribution is -2.13. The Morgan fingerprint density at radius 2 is 1.81 bits per heavy atom. The van der Waals surface area contributed by atoms with Crippen molar-refractivity contribution in [2.24, 2.45) is 0 Å². The van der Waals surface area contributed by atoms with Crippen molar-refractivity contribution in [3.63, 3.8) is 0 Å². The molecule has 0 aliphatic heterocycles. The molecule has 6 heteroatoms. The van der Waals surface area contributed by atoms with Crippen LogP contribution in [0.15, 0.2) is 36.4 Å². The third-order valence-corrected chi connectivity index (χ3v) is 3.21. The van der Waals surface area contributed by atoms with Crippen LogP contribution in [0.3, 0.4) is 0 Å². The van der Waals surface area contributed by atoms with Crippen LogP contribution in [0.1, 0.15) is 26.3 Å². The predicted molar refractivity (Wildman–Crippen MR) is 77.5 cm³/mol. The number of carbonyl (C=O) groups excluding carboxylic acids is 1. The van der Waals surface area contributed by atoms with Gasteiger partial charge in [0.15, 0.2) is 0 Å². The van der Waals surface area contributed by atoms with Gasteiger partial charge in [-0.2, -0.15) is 0 Å². The average Bonchev–Trinajstić information content (AvgIpc) is 2.43. The van der Waals surface area contributed by atoms with Crippen LogP contribution >= 0.6 is 11.6 Å². The van der Waals surface area contributed by atoms with Crippen molar-refractivity contribution < 1.29 is 19.1 Å². The van der Waals surface area contributed by atoms with Crippen molar-refractivity contribution in [2.45, 2.75) is 6.92 Å². The number of rotatable bonds is 3. The van der Waals surface area contributed by atoms with Gasteiger partial charge in [-0.3, -0.25) is 4.79 Å². The fourth-order valence-corrected chi connectivity index (χ4v) is 1.90. The van der Waals surface area contributed by atoms with E-state index in [1.165, 1.54) is 36.4 Å². The lowest BCUT2D eigenvalue weighted by molar-refractivity contribution is 0.0696. The number of carboxylic acid groups (broad SMARTS) is 1. The van der Waals surface area contributed by atoms with Gasteiger partial charge in [-0.05, 0) is 48.9 Å². The molecule has 21 heavy (non-hydrogen) atoms. The third kappa shape index (κ3) is 3.38. The number of halogens is 2. The molecule has 4 nitrogen and oxygen atoms in total. The predicted octanol–water partition coefficient (Wildman–Crippen LogP) is 3.74. The van der Waals surface area contributed by atoms with Crippen molar-refractivity contribution in [1.29, 1.82) is 0 Å². The zero-order chi connectivity index (χ0) is 15.6. The summed E-state index contributed by atoms with van der Waals surface area (Å²) < 4.78 is 13.2. The summed E-state index contributed by atoms with van der Waals surface area (Å²) in [6.45, 7) is 1.55. The number of carbonyl (C=O) groups is 2. The summed E-state index contributed by atoms with van der Waals surface area (Å²) in [6.07, 6.45) is 0. The van der Waals surface area contributed by atoms with Crippen molar-refractivity contribution in [1.82, 2.24) is 0 Å². The molecule has 0 saturated heterocycles. The minimum atomic E-state index is -1.13. The highest BCUT2D eigenvalue weighted by atomic mass is 35.5. The number of carboxylic acids is 1. The van der Waals surface area contributed by atoms with Gasteiger partial charge in [-0.15, -0.1) is 0 Å². The lowest BCUT2D eigenvalue weighted by Gasteiger charge is -2.09. The first-order chi connectivity index (χ1) is 9.88. The number of nitrogens with one attached hydrogen (secondary N) is 1. The fourth-order valence-electron chi connectivity index (χ4n) is 1.73. The van der Waals surface area contributed by atoms with Crippen LogP contribution in [0.5, 0.6) is 0 Å². The Morgan fingerprint density at radius 1 is 1.14 bits per heavy atom. The molecular formula is C15H11ClFNO3. The van der Waals surface area contributed by atoms with E-state index >= 15 is 0 Å².